The van der Waals surface area contributed by atoms with Crippen LogP contribution in [0.5, 0.6) is 0 Å². The maximum absolute atomic E-state index is 11.9. The van der Waals surface area contributed by atoms with Crippen molar-refractivity contribution in [3.05, 3.63) is 30.1 Å². The number of hydrogen-bond acceptors (Lipinski definition) is 3. The topological polar surface area (TPSA) is 72.2 Å². The van der Waals surface area contributed by atoms with E-state index in [0.29, 0.717) is 12.2 Å². The van der Waals surface area contributed by atoms with Crippen LogP contribution in [0.2, 0.25) is 0 Å². The molecule has 0 atom stereocenters. The molecular formula is C13H14N2O3. The summed E-state index contributed by atoms with van der Waals surface area (Å²) in [6.07, 6.45) is 0.594. The number of aromatic nitrogens is 2. The SMILES string of the molecule is CCC(=O)n1c(CCC(=O)O)nc2ccccc21. The number of hydrogen-bond donors (Lipinski definition) is 1. The summed E-state index contributed by atoms with van der Waals surface area (Å²) in [7, 11) is 0. The van der Waals surface area contributed by atoms with Gasteiger partial charge in [0.2, 0.25) is 5.91 Å². The first-order valence-electron chi connectivity index (χ1n) is 5.85. The molecule has 94 valence electrons. The van der Waals surface area contributed by atoms with Crippen molar-refractivity contribution < 1.29 is 14.7 Å². The minimum atomic E-state index is -0.891. The molecule has 0 saturated carbocycles. The molecule has 18 heavy (non-hydrogen) atoms. The molecular weight excluding hydrogens is 232 g/mol. The van der Waals surface area contributed by atoms with Gasteiger partial charge < -0.3 is 5.11 Å². The van der Waals surface area contributed by atoms with Crippen molar-refractivity contribution in [3.63, 3.8) is 0 Å². The van der Waals surface area contributed by atoms with Crippen LogP contribution in [0.4, 0.5) is 0 Å². The van der Waals surface area contributed by atoms with Crippen LogP contribution in [0.25, 0.3) is 11.0 Å². The van der Waals surface area contributed by atoms with Crippen LogP contribution >= 0.6 is 0 Å². The zero-order valence-electron chi connectivity index (χ0n) is 10.1. The first kappa shape index (κ1) is 12.3. The number of carboxylic acid groups (broad SMARTS) is 1. The summed E-state index contributed by atoms with van der Waals surface area (Å²) in [5.74, 6) is -0.438. The number of carbonyl (C=O) groups is 2. The number of rotatable bonds is 4. The lowest BCUT2D eigenvalue weighted by atomic mass is 10.3. The van der Waals surface area contributed by atoms with Crippen LogP contribution in [0.1, 0.15) is 30.4 Å². The lowest BCUT2D eigenvalue weighted by Crippen LogP contribution is -2.14. The van der Waals surface area contributed by atoms with Crippen molar-refractivity contribution >= 4 is 22.9 Å². The highest BCUT2D eigenvalue weighted by Gasteiger charge is 2.15. The fourth-order valence-electron chi connectivity index (χ4n) is 1.90. The molecule has 0 unspecified atom stereocenters. The molecule has 0 spiro atoms. The number of aliphatic carboxylic acids is 1. The van der Waals surface area contributed by atoms with Crippen LogP contribution in [0, 0.1) is 0 Å². The third kappa shape index (κ3) is 2.25. The average Bonchev–Trinajstić information content (AvgIpc) is 2.73. The summed E-state index contributed by atoms with van der Waals surface area (Å²) in [5.41, 5.74) is 1.46. The van der Waals surface area contributed by atoms with Gasteiger partial charge in [0.25, 0.3) is 0 Å². The van der Waals surface area contributed by atoms with E-state index < -0.39 is 5.97 Å². The predicted molar refractivity (Wildman–Crippen MR) is 66.6 cm³/mol. The fourth-order valence-corrected chi connectivity index (χ4v) is 1.90. The van der Waals surface area contributed by atoms with Gasteiger partial charge in [0.15, 0.2) is 0 Å². The third-order valence-electron chi connectivity index (χ3n) is 2.74. The molecule has 1 aromatic carbocycles. The Morgan fingerprint density at radius 3 is 2.72 bits per heavy atom. The van der Waals surface area contributed by atoms with Gasteiger partial charge >= 0.3 is 5.97 Å². The van der Waals surface area contributed by atoms with Crippen molar-refractivity contribution in [2.24, 2.45) is 0 Å². The Hall–Kier alpha value is -2.17. The van der Waals surface area contributed by atoms with E-state index in [1.165, 1.54) is 4.57 Å². The second-order valence-corrected chi connectivity index (χ2v) is 3.99. The van der Waals surface area contributed by atoms with E-state index in [1.54, 1.807) is 6.92 Å². The average molecular weight is 246 g/mol. The molecule has 5 heteroatoms. The van der Waals surface area contributed by atoms with Crippen molar-refractivity contribution in [1.29, 1.82) is 0 Å². The largest absolute Gasteiger partial charge is 0.481 e. The van der Waals surface area contributed by atoms with Crippen LogP contribution < -0.4 is 0 Å². The molecule has 1 aromatic heterocycles. The normalized spacial score (nSPS) is 10.7. The second kappa shape index (κ2) is 5.00. The number of benzene rings is 1. The fraction of sp³-hybridized carbons (Fsp3) is 0.308. The first-order chi connectivity index (χ1) is 8.63. The molecule has 0 aliphatic rings. The summed E-state index contributed by atoms with van der Waals surface area (Å²) in [6.45, 7) is 1.78. The number of nitrogens with zero attached hydrogens (tertiary/aromatic N) is 2. The van der Waals surface area contributed by atoms with E-state index in [1.807, 2.05) is 24.3 Å². The summed E-state index contributed by atoms with van der Waals surface area (Å²) in [4.78, 5) is 26.9. The Morgan fingerprint density at radius 2 is 2.06 bits per heavy atom. The molecule has 0 fully saturated rings. The van der Waals surface area contributed by atoms with Gasteiger partial charge in [0.1, 0.15) is 5.82 Å². The summed E-state index contributed by atoms with van der Waals surface area (Å²) in [6, 6.07) is 7.32. The van der Waals surface area contributed by atoms with Crippen LogP contribution in [-0.4, -0.2) is 26.5 Å². The lowest BCUT2D eigenvalue weighted by Gasteiger charge is -2.05. The quantitative estimate of drug-likeness (QED) is 0.896. The van der Waals surface area contributed by atoms with Crippen molar-refractivity contribution in [2.75, 3.05) is 0 Å². The van der Waals surface area contributed by atoms with E-state index in [-0.39, 0.29) is 18.7 Å². The Balaban J connectivity index is 2.49. The smallest absolute Gasteiger partial charge is 0.303 e. The number of carbonyl (C=O) groups excluding carboxylic acids is 1. The Bertz CT molecular complexity index is 601. The molecule has 2 aromatic rings. The molecule has 0 radical (unpaired) electrons. The Morgan fingerprint density at radius 1 is 1.33 bits per heavy atom. The van der Waals surface area contributed by atoms with Gasteiger partial charge in [-0.05, 0) is 12.1 Å². The predicted octanol–water partition coefficient (Wildman–Crippen LogP) is 2.10. The first-order valence-corrected chi connectivity index (χ1v) is 5.85. The van der Waals surface area contributed by atoms with Gasteiger partial charge in [0, 0.05) is 12.8 Å². The molecule has 0 amide bonds. The van der Waals surface area contributed by atoms with Crippen LogP contribution in [0.3, 0.4) is 0 Å². The van der Waals surface area contributed by atoms with Gasteiger partial charge in [-0.15, -0.1) is 0 Å². The minimum absolute atomic E-state index is 0.0275. The molecule has 1 N–H and O–H groups in total. The van der Waals surface area contributed by atoms with E-state index in [0.717, 1.165) is 11.0 Å². The number of carboxylic acids is 1. The van der Waals surface area contributed by atoms with Crippen molar-refractivity contribution in [1.82, 2.24) is 9.55 Å². The number of aryl methyl sites for hydroxylation is 1. The van der Waals surface area contributed by atoms with E-state index in [2.05, 4.69) is 4.98 Å². The van der Waals surface area contributed by atoms with E-state index >= 15 is 0 Å². The molecule has 0 aliphatic carbocycles. The highest BCUT2D eigenvalue weighted by molar-refractivity contribution is 5.91. The Kier molecular flexibility index (Phi) is 3.41. The molecule has 5 nitrogen and oxygen atoms in total. The van der Waals surface area contributed by atoms with Crippen LogP contribution in [0.15, 0.2) is 24.3 Å². The highest BCUT2D eigenvalue weighted by Crippen LogP contribution is 2.17. The molecule has 0 aliphatic heterocycles. The molecule has 0 bridgehead atoms. The second-order valence-electron chi connectivity index (χ2n) is 3.99. The molecule has 1 heterocycles. The van der Waals surface area contributed by atoms with Gasteiger partial charge in [-0.3, -0.25) is 14.2 Å². The van der Waals surface area contributed by atoms with Gasteiger partial charge in [-0.1, -0.05) is 19.1 Å². The third-order valence-corrected chi connectivity index (χ3v) is 2.74. The van der Waals surface area contributed by atoms with Crippen molar-refractivity contribution in [3.8, 4) is 0 Å². The summed E-state index contributed by atoms with van der Waals surface area (Å²) >= 11 is 0. The van der Waals surface area contributed by atoms with Gasteiger partial charge in [0.05, 0.1) is 17.5 Å². The zero-order valence-corrected chi connectivity index (χ0v) is 10.1. The van der Waals surface area contributed by atoms with E-state index in [9.17, 15) is 9.59 Å². The van der Waals surface area contributed by atoms with E-state index in [4.69, 9.17) is 5.11 Å². The summed E-state index contributed by atoms with van der Waals surface area (Å²) in [5, 5.41) is 8.71. The summed E-state index contributed by atoms with van der Waals surface area (Å²) < 4.78 is 1.53. The highest BCUT2D eigenvalue weighted by atomic mass is 16.4. The van der Waals surface area contributed by atoms with Gasteiger partial charge in [-0.25, -0.2) is 4.98 Å². The van der Waals surface area contributed by atoms with Gasteiger partial charge in [-0.2, -0.15) is 0 Å². The monoisotopic (exact) mass is 246 g/mol. The molecule has 0 saturated heterocycles. The minimum Gasteiger partial charge on any atom is -0.481 e. The standard InChI is InChI=1S/C13H14N2O3/c1-2-12(16)15-10-6-4-3-5-9(10)14-11(15)7-8-13(17)18/h3-6H,2,7-8H2,1H3,(H,17,18). The number of imidazole rings is 1. The number of fused-ring (bicyclic) bond motifs is 1. The van der Waals surface area contributed by atoms with Crippen LogP contribution in [-0.2, 0) is 11.2 Å². The van der Waals surface area contributed by atoms with Crippen molar-refractivity contribution in [2.45, 2.75) is 26.2 Å². The maximum atomic E-state index is 11.9. The Labute approximate surface area is 104 Å². The number of para-hydroxylation sites is 2. The molecule has 2 rings (SSSR count). The lowest BCUT2D eigenvalue weighted by molar-refractivity contribution is -0.137. The zero-order chi connectivity index (χ0) is 13.1. The maximum Gasteiger partial charge on any atom is 0.303 e.